The molecule has 0 aliphatic rings. The number of ether oxygens (including phenoxy) is 2. The molecule has 28 heavy (non-hydrogen) atoms. The molecule has 0 fully saturated rings. The minimum absolute atomic E-state index is 0.0659. The van der Waals surface area contributed by atoms with Crippen molar-refractivity contribution >= 4 is 47.1 Å². The van der Waals surface area contributed by atoms with Crippen molar-refractivity contribution in [2.24, 2.45) is 0 Å². The smallest absolute Gasteiger partial charge is 0.349 e. The lowest BCUT2D eigenvalue weighted by Crippen LogP contribution is -2.45. The molecule has 2 N–H and O–H groups in total. The van der Waals surface area contributed by atoms with Crippen LogP contribution in [0.25, 0.3) is 0 Å². The highest BCUT2D eigenvalue weighted by molar-refractivity contribution is 6.31. The van der Waals surface area contributed by atoms with Gasteiger partial charge in [-0.2, -0.15) is 0 Å². The van der Waals surface area contributed by atoms with Gasteiger partial charge in [-0.15, -0.1) is 0 Å². The Bertz CT molecular complexity index is 817. The van der Waals surface area contributed by atoms with Crippen molar-refractivity contribution in [1.29, 1.82) is 0 Å². The van der Waals surface area contributed by atoms with Gasteiger partial charge in [-0.1, -0.05) is 23.2 Å². The van der Waals surface area contributed by atoms with Crippen LogP contribution in [0.1, 0.15) is 20.7 Å². The van der Waals surface area contributed by atoms with E-state index in [-0.39, 0.29) is 11.1 Å². The second-order valence-electron chi connectivity index (χ2n) is 5.34. The second-order valence-corrected chi connectivity index (χ2v) is 6.21. The maximum Gasteiger partial charge on any atom is 0.349 e. The number of carboxylic acid groups (broad SMARTS) is 2. The first-order chi connectivity index (χ1) is 13.2. The summed E-state index contributed by atoms with van der Waals surface area (Å²) >= 11 is 11.4. The van der Waals surface area contributed by atoms with Crippen LogP contribution in [0.5, 0.6) is 0 Å². The molecule has 2 atom stereocenters. The molecule has 146 valence electrons. The fourth-order valence-corrected chi connectivity index (χ4v) is 2.27. The average molecular weight is 427 g/mol. The standard InChI is InChI=1S/C18H12Cl2O8/c19-11-5-1-9(2-6-11)17(25)27-13(15(21)22)14(16(23)24)28-18(26)10-3-7-12(20)8-4-10/h1-8,13-14H,(H,21,22)(H,23,24)/t13-,14-/m1/s1. The molecule has 0 aromatic heterocycles. The van der Waals surface area contributed by atoms with Crippen LogP contribution in [0.4, 0.5) is 0 Å². The number of benzene rings is 2. The predicted octanol–water partition coefficient (Wildman–Crippen LogP) is 2.91. The van der Waals surface area contributed by atoms with Crippen molar-refractivity contribution in [2.45, 2.75) is 12.2 Å². The Hall–Kier alpha value is -3.10. The molecule has 0 saturated carbocycles. The van der Waals surface area contributed by atoms with E-state index in [2.05, 4.69) is 0 Å². The Kier molecular flexibility index (Phi) is 6.97. The van der Waals surface area contributed by atoms with Crippen molar-refractivity contribution in [3.63, 3.8) is 0 Å². The molecule has 0 bridgehead atoms. The van der Waals surface area contributed by atoms with Crippen LogP contribution in [-0.4, -0.2) is 46.3 Å². The van der Waals surface area contributed by atoms with Gasteiger partial charge in [-0.25, -0.2) is 19.2 Å². The van der Waals surface area contributed by atoms with Gasteiger partial charge < -0.3 is 19.7 Å². The number of rotatable bonds is 7. The minimum Gasteiger partial charge on any atom is -0.478 e. The molecule has 0 spiro atoms. The highest BCUT2D eigenvalue weighted by Crippen LogP contribution is 2.16. The SMILES string of the molecule is O=C(O[C@@H](C(=O)O)[C@@H](OC(=O)c1ccc(Cl)cc1)C(=O)O)c1ccc(Cl)cc1. The van der Waals surface area contributed by atoms with Gasteiger partial charge in [0.2, 0.25) is 12.2 Å². The fraction of sp³-hybridized carbons (Fsp3) is 0.111. The Balaban J connectivity index is 2.21. The molecule has 8 nitrogen and oxygen atoms in total. The molecule has 0 saturated heterocycles. The zero-order valence-corrected chi connectivity index (χ0v) is 15.4. The molecule has 0 unspecified atom stereocenters. The Morgan fingerprint density at radius 2 is 0.929 bits per heavy atom. The van der Waals surface area contributed by atoms with Gasteiger partial charge >= 0.3 is 23.9 Å². The van der Waals surface area contributed by atoms with Gasteiger partial charge in [0.15, 0.2) is 0 Å². The van der Waals surface area contributed by atoms with Crippen LogP contribution in [0.15, 0.2) is 48.5 Å². The van der Waals surface area contributed by atoms with Crippen molar-refractivity contribution < 1.29 is 38.9 Å². The molecule has 0 amide bonds. The summed E-state index contributed by atoms with van der Waals surface area (Å²) in [4.78, 5) is 47.1. The van der Waals surface area contributed by atoms with E-state index < -0.39 is 36.1 Å². The Morgan fingerprint density at radius 3 is 1.18 bits per heavy atom. The summed E-state index contributed by atoms with van der Waals surface area (Å²) in [5, 5.41) is 19.2. The number of esters is 2. The number of halogens is 2. The first kappa shape index (κ1) is 21.2. The number of carboxylic acids is 2. The van der Waals surface area contributed by atoms with Gasteiger partial charge in [0.25, 0.3) is 0 Å². The third-order valence-electron chi connectivity index (χ3n) is 3.39. The molecule has 2 aromatic carbocycles. The van der Waals surface area contributed by atoms with Crippen LogP contribution in [0.2, 0.25) is 10.0 Å². The van der Waals surface area contributed by atoms with Gasteiger partial charge in [0, 0.05) is 10.0 Å². The minimum atomic E-state index is -2.28. The summed E-state index contributed by atoms with van der Waals surface area (Å²) in [6.07, 6.45) is -4.56. The van der Waals surface area contributed by atoms with Crippen LogP contribution >= 0.6 is 23.2 Å². The number of carbonyl (C=O) groups is 4. The summed E-state index contributed by atoms with van der Waals surface area (Å²) in [5.41, 5.74) is -0.132. The molecule has 2 rings (SSSR count). The van der Waals surface area contributed by atoms with Crippen molar-refractivity contribution in [1.82, 2.24) is 0 Å². The third kappa shape index (κ3) is 5.45. The zero-order chi connectivity index (χ0) is 20.8. The summed E-state index contributed by atoms with van der Waals surface area (Å²) in [7, 11) is 0. The van der Waals surface area contributed by atoms with E-state index in [4.69, 9.17) is 32.7 Å². The van der Waals surface area contributed by atoms with E-state index in [0.717, 1.165) is 0 Å². The van der Waals surface area contributed by atoms with Crippen LogP contribution in [-0.2, 0) is 19.1 Å². The first-order valence-corrected chi connectivity index (χ1v) is 8.33. The lowest BCUT2D eigenvalue weighted by atomic mass is 10.1. The highest BCUT2D eigenvalue weighted by atomic mass is 35.5. The van der Waals surface area contributed by atoms with E-state index in [0.29, 0.717) is 10.0 Å². The van der Waals surface area contributed by atoms with E-state index >= 15 is 0 Å². The quantitative estimate of drug-likeness (QED) is 0.646. The molecule has 0 heterocycles. The Labute approximate surface area is 168 Å². The van der Waals surface area contributed by atoms with Crippen LogP contribution < -0.4 is 0 Å². The van der Waals surface area contributed by atoms with Crippen LogP contribution in [0.3, 0.4) is 0 Å². The molecule has 0 radical (unpaired) electrons. The molecular formula is C18H12Cl2O8. The van der Waals surface area contributed by atoms with Gasteiger partial charge in [0.1, 0.15) is 0 Å². The van der Waals surface area contributed by atoms with Gasteiger partial charge in [0.05, 0.1) is 11.1 Å². The Morgan fingerprint density at radius 1 is 0.643 bits per heavy atom. The van der Waals surface area contributed by atoms with E-state index in [1.54, 1.807) is 0 Å². The second kappa shape index (κ2) is 9.20. The molecule has 10 heteroatoms. The van der Waals surface area contributed by atoms with Crippen LogP contribution in [0, 0.1) is 0 Å². The van der Waals surface area contributed by atoms with E-state index in [9.17, 15) is 29.4 Å². The molecular weight excluding hydrogens is 415 g/mol. The van der Waals surface area contributed by atoms with Crippen molar-refractivity contribution in [3.05, 3.63) is 69.7 Å². The number of aliphatic carboxylic acids is 2. The lowest BCUT2D eigenvalue weighted by molar-refractivity contribution is -0.166. The predicted molar refractivity (Wildman–Crippen MR) is 96.6 cm³/mol. The summed E-state index contributed by atoms with van der Waals surface area (Å²) < 4.78 is 9.51. The van der Waals surface area contributed by atoms with Gasteiger partial charge in [-0.3, -0.25) is 0 Å². The summed E-state index contributed by atoms with van der Waals surface area (Å²) in [6.45, 7) is 0. The maximum absolute atomic E-state index is 12.1. The molecule has 0 aliphatic heterocycles. The number of hydrogen-bond donors (Lipinski definition) is 2. The normalized spacial score (nSPS) is 12.5. The van der Waals surface area contributed by atoms with Crippen molar-refractivity contribution in [2.75, 3.05) is 0 Å². The first-order valence-electron chi connectivity index (χ1n) is 7.57. The zero-order valence-electron chi connectivity index (χ0n) is 13.9. The van der Waals surface area contributed by atoms with Crippen molar-refractivity contribution in [3.8, 4) is 0 Å². The van der Waals surface area contributed by atoms with E-state index in [1.807, 2.05) is 0 Å². The number of carbonyl (C=O) groups excluding carboxylic acids is 2. The molecule has 2 aromatic rings. The monoisotopic (exact) mass is 426 g/mol. The lowest BCUT2D eigenvalue weighted by Gasteiger charge is -2.21. The summed E-state index contributed by atoms with van der Waals surface area (Å²) in [6, 6.07) is 10.5. The molecule has 0 aliphatic carbocycles. The topological polar surface area (TPSA) is 127 Å². The third-order valence-corrected chi connectivity index (χ3v) is 3.89. The average Bonchev–Trinajstić information content (AvgIpc) is 2.64. The largest absolute Gasteiger partial charge is 0.478 e. The number of hydrogen-bond acceptors (Lipinski definition) is 6. The van der Waals surface area contributed by atoms with Gasteiger partial charge in [-0.05, 0) is 48.5 Å². The highest BCUT2D eigenvalue weighted by Gasteiger charge is 2.41. The van der Waals surface area contributed by atoms with E-state index in [1.165, 1.54) is 48.5 Å². The summed E-state index contributed by atoms with van der Waals surface area (Å²) in [5.74, 6) is -5.87. The maximum atomic E-state index is 12.1. The fourth-order valence-electron chi connectivity index (χ4n) is 2.02.